The summed E-state index contributed by atoms with van der Waals surface area (Å²) < 4.78 is 0. The van der Waals surface area contributed by atoms with Crippen molar-refractivity contribution >= 4 is 23.7 Å². The van der Waals surface area contributed by atoms with Crippen molar-refractivity contribution < 1.29 is 24.3 Å². The van der Waals surface area contributed by atoms with Gasteiger partial charge in [0.15, 0.2) is 0 Å². The highest BCUT2D eigenvalue weighted by Crippen LogP contribution is 2.08. The van der Waals surface area contributed by atoms with Crippen LogP contribution in [0.1, 0.15) is 19.3 Å². The van der Waals surface area contributed by atoms with Crippen LogP contribution < -0.4 is 11.1 Å². The average Bonchev–Trinajstić information content (AvgIpc) is 2.62. The van der Waals surface area contributed by atoms with Crippen LogP contribution in [0.3, 0.4) is 0 Å². The number of carbonyl (C=O) groups excluding carboxylic acids is 3. The van der Waals surface area contributed by atoms with Crippen LogP contribution in [0.4, 0.5) is 0 Å². The molecule has 100 valence electrons. The van der Waals surface area contributed by atoms with Gasteiger partial charge in [-0.25, -0.2) is 4.79 Å². The molecule has 1 fully saturated rings. The fraction of sp³-hybridized carbons (Fsp3) is 0.600. The lowest BCUT2D eigenvalue weighted by Crippen LogP contribution is -2.47. The van der Waals surface area contributed by atoms with E-state index in [4.69, 9.17) is 10.8 Å². The minimum atomic E-state index is -1.35. The fourth-order valence-electron chi connectivity index (χ4n) is 1.69. The van der Waals surface area contributed by atoms with Crippen LogP contribution in [0.15, 0.2) is 0 Å². The number of nitrogens with one attached hydrogen (secondary N) is 1. The first-order valence-corrected chi connectivity index (χ1v) is 5.48. The Morgan fingerprint density at radius 3 is 2.56 bits per heavy atom. The van der Waals surface area contributed by atoms with E-state index >= 15 is 0 Å². The average molecular weight is 257 g/mol. The van der Waals surface area contributed by atoms with Gasteiger partial charge < -0.3 is 21.1 Å². The maximum Gasteiger partial charge on any atom is 0.326 e. The Labute approximate surface area is 103 Å². The van der Waals surface area contributed by atoms with Gasteiger partial charge in [-0.3, -0.25) is 14.4 Å². The molecule has 4 N–H and O–H groups in total. The number of likely N-dealkylation sites (tertiary alicyclic amines) is 1. The third-order valence-electron chi connectivity index (χ3n) is 2.54. The Morgan fingerprint density at radius 2 is 2.11 bits per heavy atom. The first-order chi connectivity index (χ1) is 8.40. The van der Waals surface area contributed by atoms with Crippen molar-refractivity contribution in [3.63, 3.8) is 0 Å². The molecule has 0 radical (unpaired) electrons. The number of hydrogen-bond donors (Lipinski definition) is 3. The lowest BCUT2D eigenvalue weighted by atomic mass is 10.2. The van der Waals surface area contributed by atoms with E-state index in [9.17, 15) is 19.2 Å². The van der Waals surface area contributed by atoms with E-state index in [2.05, 4.69) is 5.32 Å². The number of nitrogens with two attached hydrogens (primary N) is 1. The van der Waals surface area contributed by atoms with Crippen LogP contribution in [-0.4, -0.2) is 52.8 Å². The van der Waals surface area contributed by atoms with Crippen LogP contribution in [0, 0.1) is 0 Å². The van der Waals surface area contributed by atoms with Gasteiger partial charge in [-0.2, -0.15) is 0 Å². The summed E-state index contributed by atoms with van der Waals surface area (Å²) in [5, 5.41) is 10.9. The van der Waals surface area contributed by atoms with Crippen LogP contribution in [0.2, 0.25) is 0 Å². The van der Waals surface area contributed by atoms with Gasteiger partial charge in [0.25, 0.3) is 0 Å². The van der Waals surface area contributed by atoms with Gasteiger partial charge in [-0.1, -0.05) is 0 Å². The monoisotopic (exact) mass is 257 g/mol. The summed E-state index contributed by atoms with van der Waals surface area (Å²) in [6, 6.07) is -1.35. The van der Waals surface area contributed by atoms with Gasteiger partial charge >= 0.3 is 5.97 Å². The summed E-state index contributed by atoms with van der Waals surface area (Å²) in [7, 11) is 0. The molecule has 0 aromatic heterocycles. The Kier molecular flexibility index (Phi) is 4.64. The predicted octanol–water partition coefficient (Wildman–Crippen LogP) is -1.95. The zero-order chi connectivity index (χ0) is 13.7. The first-order valence-electron chi connectivity index (χ1n) is 5.48. The molecular formula is C10H15N3O5. The number of carboxylic acid groups (broad SMARTS) is 1. The molecule has 1 saturated heterocycles. The van der Waals surface area contributed by atoms with Gasteiger partial charge in [-0.05, 0) is 6.42 Å². The van der Waals surface area contributed by atoms with Crippen LogP contribution >= 0.6 is 0 Å². The molecule has 0 aromatic rings. The molecule has 8 heteroatoms. The number of nitrogens with zero attached hydrogens (tertiary/aromatic N) is 1. The van der Waals surface area contributed by atoms with Crippen molar-refractivity contribution in [3.05, 3.63) is 0 Å². The van der Waals surface area contributed by atoms with Crippen molar-refractivity contribution in [1.82, 2.24) is 10.2 Å². The van der Waals surface area contributed by atoms with Crippen molar-refractivity contribution in [1.29, 1.82) is 0 Å². The summed E-state index contributed by atoms with van der Waals surface area (Å²) in [4.78, 5) is 45.5. The SMILES string of the molecule is NC(=O)C[C@H](NC(=O)CN1CCCC1=O)C(=O)O. The van der Waals surface area contributed by atoms with Crippen molar-refractivity contribution in [3.8, 4) is 0 Å². The van der Waals surface area contributed by atoms with E-state index in [0.29, 0.717) is 19.4 Å². The van der Waals surface area contributed by atoms with E-state index in [1.807, 2.05) is 0 Å². The molecule has 18 heavy (non-hydrogen) atoms. The summed E-state index contributed by atoms with van der Waals surface area (Å²) in [6.07, 6.45) is 0.613. The van der Waals surface area contributed by atoms with E-state index in [-0.39, 0.29) is 12.5 Å². The summed E-state index contributed by atoms with van der Waals surface area (Å²) in [5.74, 6) is -2.90. The van der Waals surface area contributed by atoms with Gasteiger partial charge in [-0.15, -0.1) is 0 Å². The molecule has 0 aliphatic carbocycles. The predicted molar refractivity (Wildman–Crippen MR) is 59.2 cm³/mol. The molecule has 0 unspecified atom stereocenters. The molecule has 0 spiro atoms. The summed E-state index contributed by atoms with van der Waals surface area (Å²) >= 11 is 0. The van der Waals surface area contributed by atoms with Crippen molar-refractivity contribution in [2.45, 2.75) is 25.3 Å². The highest BCUT2D eigenvalue weighted by Gasteiger charge is 2.26. The lowest BCUT2D eigenvalue weighted by Gasteiger charge is -2.17. The van der Waals surface area contributed by atoms with Gasteiger partial charge in [0.2, 0.25) is 17.7 Å². The normalized spacial score (nSPS) is 16.4. The number of primary amides is 1. The van der Waals surface area contributed by atoms with Crippen molar-refractivity contribution in [2.24, 2.45) is 5.73 Å². The number of aliphatic carboxylic acids is 1. The second-order valence-corrected chi connectivity index (χ2v) is 4.05. The largest absolute Gasteiger partial charge is 0.480 e. The maximum atomic E-state index is 11.5. The molecule has 0 bridgehead atoms. The highest BCUT2D eigenvalue weighted by atomic mass is 16.4. The van der Waals surface area contributed by atoms with E-state index in [0.717, 1.165) is 0 Å². The number of amides is 3. The Hall–Kier alpha value is -2.12. The Balaban J connectivity index is 2.48. The zero-order valence-electron chi connectivity index (χ0n) is 9.72. The first kappa shape index (κ1) is 13.9. The highest BCUT2D eigenvalue weighted by molar-refractivity contribution is 5.90. The smallest absolute Gasteiger partial charge is 0.326 e. The third-order valence-corrected chi connectivity index (χ3v) is 2.54. The quantitative estimate of drug-likeness (QED) is 0.509. The Bertz CT molecular complexity index is 382. The van der Waals surface area contributed by atoms with Gasteiger partial charge in [0.1, 0.15) is 6.04 Å². The molecule has 1 aliphatic heterocycles. The number of rotatable bonds is 6. The molecule has 1 aliphatic rings. The molecule has 8 nitrogen and oxygen atoms in total. The number of carbonyl (C=O) groups is 4. The molecular weight excluding hydrogens is 242 g/mol. The molecule has 1 heterocycles. The van der Waals surface area contributed by atoms with Crippen LogP contribution in [0.25, 0.3) is 0 Å². The molecule has 0 saturated carbocycles. The summed E-state index contributed by atoms with van der Waals surface area (Å²) in [6.45, 7) is 0.293. The lowest BCUT2D eigenvalue weighted by molar-refractivity contribution is -0.143. The fourth-order valence-corrected chi connectivity index (χ4v) is 1.69. The minimum absolute atomic E-state index is 0.132. The minimum Gasteiger partial charge on any atom is -0.480 e. The van der Waals surface area contributed by atoms with E-state index < -0.39 is 30.2 Å². The molecule has 1 atom stereocenters. The third kappa shape index (κ3) is 4.04. The zero-order valence-corrected chi connectivity index (χ0v) is 9.72. The molecule has 3 amide bonds. The van der Waals surface area contributed by atoms with Crippen LogP contribution in [0.5, 0.6) is 0 Å². The second-order valence-electron chi connectivity index (χ2n) is 4.05. The van der Waals surface area contributed by atoms with Crippen LogP contribution in [-0.2, 0) is 19.2 Å². The number of hydrogen-bond acceptors (Lipinski definition) is 4. The topological polar surface area (TPSA) is 130 Å². The number of carboxylic acids is 1. The summed E-state index contributed by atoms with van der Waals surface area (Å²) in [5.41, 5.74) is 4.87. The van der Waals surface area contributed by atoms with E-state index in [1.54, 1.807) is 0 Å². The Morgan fingerprint density at radius 1 is 1.44 bits per heavy atom. The van der Waals surface area contributed by atoms with Gasteiger partial charge in [0, 0.05) is 13.0 Å². The standard InChI is InChI=1S/C10H15N3O5/c11-7(14)4-6(10(17)18)12-8(15)5-13-3-1-2-9(13)16/h6H,1-5H2,(H2,11,14)(H,12,15)(H,17,18)/t6-/m0/s1. The van der Waals surface area contributed by atoms with E-state index in [1.165, 1.54) is 4.90 Å². The van der Waals surface area contributed by atoms with Gasteiger partial charge in [0.05, 0.1) is 13.0 Å². The van der Waals surface area contributed by atoms with Crippen molar-refractivity contribution in [2.75, 3.05) is 13.1 Å². The molecule has 0 aromatic carbocycles. The molecule has 1 rings (SSSR count). The maximum absolute atomic E-state index is 11.5. The second kappa shape index (κ2) is 5.99.